The number of ether oxygens (including phenoxy) is 3. The van der Waals surface area contributed by atoms with Gasteiger partial charge in [0.25, 0.3) is 5.91 Å². The fourth-order valence-corrected chi connectivity index (χ4v) is 2.32. The number of hydrazone groups is 1. The highest BCUT2D eigenvalue weighted by molar-refractivity contribution is 9.10. The molecule has 1 amide bonds. The molecule has 0 spiro atoms. The fourth-order valence-electron chi connectivity index (χ4n) is 2.07. The second kappa shape index (κ2) is 9.72. The van der Waals surface area contributed by atoms with Gasteiger partial charge in [-0.2, -0.15) is 5.10 Å². The number of carbonyl (C=O) groups is 2. The molecule has 2 aromatic rings. The Hall–Kier alpha value is -2.87. The van der Waals surface area contributed by atoms with Crippen LogP contribution in [0.3, 0.4) is 0 Å². The molecule has 0 saturated carbocycles. The molecule has 0 aromatic heterocycles. The van der Waals surface area contributed by atoms with Crippen LogP contribution in [0.1, 0.15) is 18.1 Å². The number of aryl methyl sites for hydroxylation is 1. The first-order chi connectivity index (χ1) is 12.9. The van der Waals surface area contributed by atoms with E-state index in [0.29, 0.717) is 22.8 Å². The van der Waals surface area contributed by atoms with Crippen molar-refractivity contribution in [1.29, 1.82) is 0 Å². The number of esters is 1. The van der Waals surface area contributed by atoms with Gasteiger partial charge in [0, 0.05) is 11.4 Å². The second-order valence-corrected chi connectivity index (χ2v) is 6.35. The molecule has 1 N–H and O–H groups in total. The first-order valence-electron chi connectivity index (χ1n) is 7.96. The van der Waals surface area contributed by atoms with Gasteiger partial charge in [0.2, 0.25) is 0 Å². The molecule has 0 heterocycles. The van der Waals surface area contributed by atoms with Crippen LogP contribution in [-0.2, 0) is 9.59 Å². The number of hydrogen-bond donors (Lipinski definition) is 1. The van der Waals surface area contributed by atoms with Gasteiger partial charge in [0.15, 0.2) is 18.1 Å². The minimum absolute atomic E-state index is 0.160. The maximum absolute atomic E-state index is 11.8. The van der Waals surface area contributed by atoms with Gasteiger partial charge in [-0.25, -0.2) is 5.43 Å². The summed E-state index contributed by atoms with van der Waals surface area (Å²) in [7, 11) is 1.46. The zero-order valence-corrected chi connectivity index (χ0v) is 16.7. The highest BCUT2D eigenvalue weighted by Gasteiger charge is 2.07. The van der Waals surface area contributed by atoms with Crippen molar-refractivity contribution < 1.29 is 23.8 Å². The van der Waals surface area contributed by atoms with E-state index in [0.717, 1.165) is 10.0 Å². The van der Waals surface area contributed by atoms with Gasteiger partial charge in [-0.15, -0.1) is 0 Å². The van der Waals surface area contributed by atoms with Crippen molar-refractivity contribution in [2.24, 2.45) is 5.10 Å². The Kier molecular flexibility index (Phi) is 7.36. The lowest BCUT2D eigenvalue weighted by Crippen LogP contribution is -2.24. The Labute approximate surface area is 165 Å². The maximum atomic E-state index is 11.8. The molecule has 0 atom stereocenters. The number of methoxy groups -OCH3 is 1. The predicted molar refractivity (Wildman–Crippen MR) is 104 cm³/mol. The molecule has 0 aliphatic heterocycles. The lowest BCUT2D eigenvalue weighted by Gasteiger charge is -2.08. The summed E-state index contributed by atoms with van der Waals surface area (Å²) in [5, 5.41) is 3.88. The van der Waals surface area contributed by atoms with Gasteiger partial charge in [-0.05, 0) is 54.4 Å². The number of nitrogens with zero attached hydrogens (tertiary/aromatic N) is 1. The fraction of sp³-hybridized carbons (Fsp3) is 0.211. The smallest absolute Gasteiger partial charge is 0.308 e. The number of rotatable bonds is 7. The van der Waals surface area contributed by atoms with Gasteiger partial charge in [0.1, 0.15) is 5.75 Å². The Morgan fingerprint density at radius 1 is 1.19 bits per heavy atom. The second-order valence-electron chi connectivity index (χ2n) is 5.50. The lowest BCUT2D eigenvalue weighted by molar-refractivity contribution is -0.132. The normalized spacial score (nSPS) is 10.5. The number of amides is 1. The number of benzene rings is 2. The van der Waals surface area contributed by atoms with Crippen molar-refractivity contribution in [3.05, 3.63) is 52.0 Å². The van der Waals surface area contributed by atoms with Crippen molar-refractivity contribution in [2.45, 2.75) is 13.8 Å². The van der Waals surface area contributed by atoms with Crippen molar-refractivity contribution >= 4 is 34.0 Å². The zero-order valence-electron chi connectivity index (χ0n) is 15.1. The average Bonchev–Trinajstić information content (AvgIpc) is 2.63. The topological polar surface area (TPSA) is 86.2 Å². The molecule has 2 aromatic carbocycles. The summed E-state index contributed by atoms with van der Waals surface area (Å²) in [4.78, 5) is 22.9. The molecular formula is C19H19BrN2O5. The van der Waals surface area contributed by atoms with Gasteiger partial charge >= 0.3 is 5.97 Å². The number of hydrogen-bond acceptors (Lipinski definition) is 6. The van der Waals surface area contributed by atoms with Crippen molar-refractivity contribution in [3.63, 3.8) is 0 Å². The summed E-state index contributed by atoms with van der Waals surface area (Å²) in [6, 6.07) is 10.4. The third kappa shape index (κ3) is 6.41. The maximum Gasteiger partial charge on any atom is 0.308 e. The zero-order chi connectivity index (χ0) is 19.8. The van der Waals surface area contributed by atoms with Crippen LogP contribution < -0.4 is 19.6 Å². The molecule has 0 fully saturated rings. The number of halogens is 1. The molecule has 0 bridgehead atoms. The van der Waals surface area contributed by atoms with Gasteiger partial charge in [0.05, 0.1) is 13.3 Å². The monoisotopic (exact) mass is 434 g/mol. The van der Waals surface area contributed by atoms with E-state index in [2.05, 4.69) is 26.5 Å². The van der Waals surface area contributed by atoms with E-state index in [1.807, 2.05) is 19.1 Å². The van der Waals surface area contributed by atoms with Crippen LogP contribution in [0, 0.1) is 6.92 Å². The van der Waals surface area contributed by atoms with Crippen LogP contribution in [0.4, 0.5) is 0 Å². The number of nitrogens with one attached hydrogen (secondary N) is 1. The molecule has 0 saturated heterocycles. The molecule has 0 aliphatic carbocycles. The minimum atomic E-state index is -0.442. The summed E-state index contributed by atoms with van der Waals surface area (Å²) in [5.74, 6) is 0.456. The van der Waals surface area contributed by atoms with Crippen LogP contribution in [-0.4, -0.2) is 31.8 Å². The molecular weight excluding hydrogens is 416 g/mol. The average molecular weight is 435 g/mol. The minimum Gasteiger partial charge on any atom is -0.493 e. The van der Waals surface area contributed by atoms with Crippen LogP contribution in [0.25, 0.3) is 0 Å². The van der Waals surface area contributed by atoms with Gasteiger partial charge in [-0.3, -0.25) is 9.59 Å². The third-order valence-corrected chi connectivity index (χ3v) is 4.23. The van der Waals surface area contributed by atoms with Crippen LogP contribution in [0.2, 0.25) is 0 Å². The Morgan fingerprint density at radius 2 is 1.96 bits per heavy atom. The Bertz CT molecular complexity index is 867. The summed E-state index contributed by atoms with van der Waals surface area (Å²) >= 11 is 3.40. The highest BCUT2D eigenvalue weighted by atomic mass is 79.9. The Balaban J connectivity index is 1.89. The van der Waals surface area contributed by atoms with E-state index in [1.165, 1.54) is 20.2 Å². The summed E-state index contributed by atoms with van der Waals surface area (Å²) < 4.78 is 16.6. The lowest BCUT2D eigenvalue weighted by atomic mass is 10.2. The van der Waals surface area contributed by atoms with E-state index in [4.69, 9.17) is 14.2 Å². The SMILES string of the molecule is COc1cc(/C=N/NC(=O)COc2ccc(Br)c(C)c2)ccc1OC(C)=O. The quantitative estimate of drug-likeness (QED) is 0.313. The Morgan fingerprint density at radius 3 is 2.63 bits per heavy atom. The molecule has 8 heteroatoms. The molecule has 2 rings (SSSR count). The molecule has 0 aliphatic rings. The van der Waals surface area contributed by atoms with Crippen molar-refractivity contribution in [2.75, 3.05) is 13.7 Å². The van der Waals surface area contributed by atoms with E-state index < -0.39 is 11.9 Å². The van der Waals surface area contributed by atoms with Crippen molar-refractivity contribution in [3.8, 4) is 17.2 Å². The third-order valence-electron chi connectivity index (χ3n) is 3.34. The van der Waals surface area contributed by atoms with Crippen LogP contribution >= 0.6 is 15.9 Å². The molecule has 7 nitrogen and oxygen atoms in total. The predicted octanol–water partition coefficient (Wildman–Crippen LogP) is 3.22. The molecule has 142 valence electrons. The van der Waals surface area contributed by atoms with Crippen molar-refractivity contribution in [1.82, 2.24) is 5.43 Å². The first kappa shape index (κ1) is 20.4. The van der Waals surface area contributed by atoms with Crippen LogP contribution in [0.15, 0.2) is 46.0 Å². The summed E-state index contributed by atoms with van der Waals surface area (Å²) in [6.45, 7) is 3.08. The van der Waals surface area contributed by atoms with E-state index >= 15 is 0 Å². The van der Waals surface area contributed by atoms with E-state index in [9.17, 15) is 9.59 Å². The summed E-state index contributed by atoms with van der Waals surface area (Å²) in [5.41, 5.74) is 4.05. The molecule has 27 heavy (non-hydrogen) atoms. The van der Waals surface area contributed by atoms with Crippen LogP contribution in [0.5, 0.6) is 17.2 Å². The standard InChI is InChI=1S/C19H19BrN2O5/c1-12-8-15(5-6-16(12)20)26-11-19(24)22-21-10-14-4-7-17(27-13(2)23)18(9-14)25-3/h4-10H,11H2,1-3H3,(H,22,24)/b21-10+. The molecule has 0 radical (unpaired) electrons. The van der Waals surface area contributed by atoms with Gasteiger partial charge in [-0.1, -0.05) is 15.9 Å². The largest absolute Gasteiger partial charge is 0.493 e. The highest BCUT2D eigenvalue weighted by Crippen LogP contribution is 2.27. The first-order valence-corrected chi connectivity index (χ1v) is 8.75. The van der Waals surface area contributed by atoms with Gasteiger partial charge < -0.3 is 14.2 Å². The summed E-state index contributed by atoms with van der Waals surface area (Å²) in [6.07, 6.45) is 1.45. The molecule has 0 unspecified atom stereocenters. The number of carbonyl (C=O) groups excluding carboxylic acids is 2. The van der Waals surface area contributed by atoms with E-state index in [1.54, 1.807) is 24.3 Å². The van der Waals surface area contributed by atoms with E-state index in [-0.39, 0.29) is 6.61 Å².